The van der Waals surface area contributed by atoms with E-state index in [2.05, 4.69) is 79.7 Å². The second kappa shape index (κ2) is 24.9. The zero-order valence-electron chi connectivity index (χ0n) is 30.9. The number of carbonyl (C=O) groups is 1. The van der Waals surface area contributed by atoms with Gasteiger partial charge in [-0.2, -0.15) is 0 Å². The maximum absolute atomic E-state index is 12.2. The molecule has 0 aliphatic carbocycles. The lowest BCUT2D eigenvalue weighted by Gasteiger charge is -2.21. The molecule has 0 aliphatic heterocycles. The van der Waals surface area contributed by atoms with Gasteiger partial charge < -0.3 is 4.74 Å². The number of allylic oxidation sites excluding steroid dienone is 8. The zero-order chi connectivity index (χ0) is 32.7. The molecule has 0 radical (unpaired) electrons. The molecule has 0 aromatic heterocycles. The molecule has 250 valence electrons. The first kappa shape index (κ1) is 41.6. The summed E-state index contributed by atoms with van der Waals surface area (Å²) in [5, 5.41) is 0. The van der Waals surface area contributed by atoms with Gasteiger partial charge in [0.15, 0.2) is 5.78 Å². The summed E-state index contributed by atoms with van der Waals surface area (Å²) in [6, 6.07) is 0. The summed E-state index contributed by atoms with van der Waals surface area (Å²) in [6.07, 6.45) is 30.4. The molecule has 0 fully saturated rings. The molecule has 3 atom stereocenters. The molecule has 0 saturated carbocycles. The van der Waals surface area contributed by atoms with Gasteiger partial charge in [0.2, 0.25) is 0 Å². The lowest BCUT2D eigenvalue weighted by molar-refractivity contribution is -0.137. The smallest absolute Gasteiger partial charge is 0.164 e. The minimum Gasteiger partial charge on any atom is -0.371 e. The van der Waals surface area contributed by atoms with Gasteiger partial charge >= 0.3 is 0 Å². The van der Waals surface area contributed by atoms with E-state index in [0.717, 1.165) is 30.6 Å². The van der Waals surface area contributed by atoms with Crippen molar-refractivity contribution in [2.45, 2.75) is 184 Å². The Hall–Kier alpha value is -1.41. The Balaban J connectivity index is 3.93. The van der Waals surface area contributed by atoms with Crippen molar-refractivity contribution in [3.63, 3.8) is 0 Å². The highest BCUT2D eigenvalue weighted by molar-refractivity contribution is 5.86. The fourth-order valence-corrected chi connectivity index (χ4v) is 5.61. The van der Waals surface area contributed by atoms with Crippen LogP contribution in [0.15, 0.2) is 46.6 Å². The summed E-state index contributed by atoms with van der Waals surface area (Å²) >= 11 is 0. The van der Waals surface area contributed by atoms with E-state index in [1.54, 1.807) is 18.3 Å². The first-order valence-electron chi connectivity index (χ1n) is 17.9. The normalized spacial score (nSPS) is 15.4. The molecule has 0 aromatic rings. The largest absolute Gasteiger partial charge is 0.371 e. The third-order valence-corrected chi connectivity index (χ3v) is 9.39. The molecule has 0 heterocycles. The molecule has 0 amide bonds. The molecule has 0 aliphatic rings. The molecular formula is C41H74O2. The van der Waals surface area contributed by atoms with E-state index in [-0.39, 0.29) is 5.78 Å². The number of ketones is 1. The van der Waals surface area contributed by atoms with Gasteiger partial charge in [-0.1, -0.05) is 99.5 Å². The van der Waals surface area contributed by atoms with Crippen LogP contribution in [0.4, 0.5) is 0 Å². The lowest BCUT2D eigenvalue weighted by Crippen LogP contribution is -2.33. The third kappa shape index (κ3) is 24.6. The van der Waals surface area contributed by atoms with Crippen LogP contribution in [0.1, 0.15) is 178 Å². The number of Topliss-reactive ketones (excluding diaryl/α,β-unsaturated/α-hetero) is 1. The molecule has 2 unspecified atom stereocenters. The minimum absolute atomic E-state index is 0.188. The topological polar surface area (TPSA) is 26.3 Å². The Morgan fingerprint density at radius 1 is 0.558 bits per heavy atom. The van der Waals surface area contributed by atoms with Crippen molar-refractivity contribution in [3.8, 4) is 0 Å². The van der Waals surface area contributed by atoms with Gasteiger partial charge in [0, 0.05) is 13.5 Å². The first-order chi connectivity index (χ1) is 20.3. The standard InChI is InChI=1S/C41H74O2/c1-33(2)19-14-22-36(5)25-17-28-37(6)26-15-23-34(3)20-12-13-21-35(4)24-16-27-38(7)29-18-30-39(8)31-32-40(42)41(9,10)43-11/h19,23,25,30,35,37-38H,12-18,20-22,24,26-29,31-32H2,1-11H3/b34-23+,36-25+,39-30+/t35?,37-,38?/m0/s1. The Morgan fingerprint density at radius 3 is 1.51 bits per heavy atom. The molecule has 43 heavy (non-hydrogen) atoms. The SMILES string of the molecule is COC(C)(C)C(=O)CC/C(C)=C/CCC(C)CCCC(C)CCCC/C(C)=C/CC[C@H](C)CC/C=C(\C)CCC=C(C)C. The average molecular weight is 599 g/mol. The summed E-state index contributed by atoms with van der Waals surface area (Å²) in [5.41, 5.74) is 5.24. The quantitative estimate of drug-likeness (QED) is 0.0731. The number of hydrogen-bond acceptors (Lipinski definition) is 2. The molecule has 2 heteroatoms. The van der Waals surface area contributed by atoms with Gasteiger partial charge in [0.05, 0.1) is 0 Å². The Morgan fingerprint density at radius 2 is 1.00 bits per heavy atom. The van der Waals surface area contributed by atoms with Gasteiger partial charge in [-0.05, 0) is 137 Å². The van der Waals surface area contributed by atoms with Crippen LogP contribution < -0.4 is 0 Å². The maximum atomic E-state index is 12.2. The second-order valence-electron chi connectivity index (χ2n) is 14.8. The molecule has 0 spiro atoms. The van der Waals surface area contributed by atoms with E-state index in [4.69, 9.17) is 4.74 Å². The zero-order valence-corrected chi connectivity index (χ0v) is 30.9. The van der Waals surface area contributed by atoms with E-state index in [1.165, 1.54) is 101 Å². The average Bonchev–Trinajstić information content (AvgIpc) is 2.93. The van der Waals surface area contributed by atoms with Gasteiger partial charge in [-0.15, -0.1) is 0 Å². The first-order valence-corrected chi connectivity index (χ1v) is 17.9. The van der Waals surface area contributed by atoms with Crippen molar-refractivity contribution in [1.29, 1.82) is 0 Å². The number of hydrogen-bond donors (Lipinski definition) is 0. The van der Waals surface area contributed by atoms with Crippen LogP contribution in [-0.2, 0) is 9.53 Å². The highest BCUT2D eigenvalue weighted by atomic mass is 16.5. The van der Waals surface area contributed by atoms with E-state index in [0.29, 0.717) is 6.42 Å². The van der Waals surface area contributed by atoms with Gasteiger partial charge in [0.1, 0.15) is 5.60 Å². The van der Waals surface area contributed by atoms with Crippen LogP contribution in [0.2, 0.25) is 0 Å². The van der Waals surface area contributed by atoms with Crippen molar-refractivity contribution in [2.24, 2.45) is 17.8 Å². The van der Waals surface area contributed by atoms with Crippen LogP contribution >= 0.6 is 0 Å². The molecule has 0 aromatic carbocycles. The van der Waals surface area contributed by atoms with Gasteiger partial charge in [-0.3, -0.25) is 4.79 Å². The molecule has 0 bridgehead atoms. The van der Waals surface area contributed by atoms with E-state index >= 15 is 0 Å². The summed E-state index contributed by atoms with van der Waals surface area (Å²) in [7, 11) is 1.61. The lowest BCUT2D eigenvalue weighted by atomic mass is 9.92. The number of carbonyl (C=O) groups excluding carboxylic acids is 1. The monoisotopic (exact) mass is 599 g/mol. The minimum atomic E-state index is -0.664. The Kier molecular flexibility index (Phi) is 24.0. The number of methoxy groups -OCH3 is 1. The summed E-state index contributed by atoms with van der Waals surface area (Å²) in [6.45, 7) is 22.2. The second-order valence-corrected chi connectivity index (χ2v) is 14.8. The predicted molar refractivity (Wildman–Crippen MR) is 193 cm³/mol. The maximum Gasteiger partial charge on any atom is 0.164 e. The number of ether oxygens (including phenoxy) is 1. The summed E-state index contributed by atoms with van der Waals surface area (Å²) < 4.78 is 5.31. The molecule has 0 saturated heterocycles. The van der Waals surface area contributed by atoms with Crippen LogP contribution in [-0.4, -0.2) is 18.5 Å². The molecule has 2 nitrogen and oxygen atoms in total. The van der Waals surface area contributed by atoms with E-state index in [9.17, 15) is 4.79 Å². The van der Waals surface area contributed by atoms with Gasteiger partial charge in [0.25, 0.3) is 0 Å². The van der Waals surface area contributed by atoms with Crippen molar-refractivity contribution in [2.75, 3.05) is 7.11 Å². The number of rotatable bonds is 26. The highest BCUT2D eigenvalue weighted by Crippen LogP contribution is 2.23. The molecular weight excluding hydrogens is 524 g/mol. The van der Waals surface area contributed by atoms with Crippen molar-refractivity contribution in [1.82, 2.24) is 0 Å². The predicted octanol–water partition coefficient (Wildman–Crippen LogP) is 13.3. The van der Waals surface area contributed by atoms with Crippen LogP contribution in [0, 0.1) is 17.8 Å². The van der Waals surface area contributed by atoms with E-state index in [1.807, 2.05) is 13.8 Å². The van der Waals surface area contributed by atoms with Gasteiger partial charge in [-0.25, -0.2) is 0 Å². The van der Waals surface area contributed by atoms with Crippen LogP contribution in [0.5, 0.6) is 0 Å². The van der Waals surface area contributed by atoms with Crippen molar-refractivity contribution < 1.29 is 9.53 Å². The molecule has 0 N–H and O–H groups in total. The molecule has 0 rings (SSSR count). The fraction of sp³-hybridized carbons (Fsp3) is 0.780. The highest BCUT2D eigenvalue weighted by Gasteiger charge is 2.25. The van der Waals surface area contributed by atoms with E-state index < -0.39 is 5.60 Å². The van der Waals surface area contributed by atoms with Crippen LogP contribution in [0.3, 0.4) is 0 Å². The van der Waals surface area contributed by atoms with Crippen molar-refractivity contribution >= 4 is 5.78 Å². The number of unbranched alkanes of at least 4 members (excludes halogenated alkanes) is 1. The Labute approximate surface area is 270 Å². The fourth-order valence-electron chi connectivity index (χ4n) is 5.61. The van der Waals surface area contributed by atoms with Crippen molar-refractivity contribution in [3.05, 3.63) is 46.6 Å². The Bertz CT molecular complexity index is 849. The summed E-state index contributed by atoms with van der Waals surface area (Å²) in [5.74, 6) is 2.62. The van der Waals surface area contributed by atoms with Crippen LogP contribution in [0.25, 0.3) is 0 Å². The summed E-state index contributed by atoms with van der Waals surface area (Å²) in [4.78, 5) is 12.2. The third-order valence-electron chi connectivity index (χ3n) is 9.39.